The Bertz CT molecular complexity index is 463. The van der Waals surface area contributed by atoms with Crippen LogP contribution >= 0.6 is 0 Å². The van der Waals surface area contributed by atoms with Crippen molar-refractivity contribution in [1.82, 2.24) is 10.2 Å². The van der Waals surface area contributed by atoms with Gasteiger partial charge in [0.15, 0.2) is 11.5 Å². The number of rotatable bonds is 6. The maximum Gasteiger partial charge on any atom is 0.239 e. The van der Waals surface area contributed by atoms with E-state index in [2.05, 4.69) is 10.6 Å². The molecule has 0 spiro atoms. The molecule has 0 aromatic heterocycles. The molecule has 0 atom stereocenters. The first kappa shape index (κ1) is 14.5. The highest BCUT2D eigenvalue weighted by Crippen LogP contribution is 2.32. The summed E-state index contributed by atoms with van der Waals surface area (Å²) in [5, 5.41) is 5.92. The minimum absolute atomic E-state index is 0.0262. The average molecular weight is 279 g/mol. The molecule has 2 rings (SSSR count). The minimum atomic E-state index is -0.0262. The first-order valence-electron chi connectivity index (χ1n) is 6.70. The van der Waals surface area contributed by atoms with Crippen molar-refractivity contribution < 1.29 is 14.3 Å². The van der Waals surface area contributed by atoms with Crippen LogP contribution in [0.3, 0.4) is 0 Å². The second-order valence-corrected chi connectivity index (χ2v) is 4.87. The molecule has 6 nitrogen and oxygen atoms in total. The molecule has 0 radical (unpaired) electrons. The van der Waals surface area contributed by atoms with E-state index < -0.39 is 0 Å². The van der Waals surface area contributed by atoms with Crippen LogP contribution in [0.5, 0.6) is 11.5 Å². The van der Waals surface area contributed by atoms with Crippen molar-refractivity contribution in [3.8, 4) is 11.5 Å². The van der Waals surface area contributed by atoms with Gasteiger partial charge in [-0.2, -0.15) is 0 Å². The molecule has 0 fully saturated rings. The van der Waals surface area contributed by atoms with Gasteiger partial charge in [-0.05, 0) is 26.2 Å². The number of carbonyl (C=O) groups is 1. The van der Waals surface area contributed by atoms with E-state index in [1.807, 2.05) is 37.2 Å². The lowest BCUT2D eigenvalue weighted by molar-refractivity contribution is -0.119. The van der Waals surface area contributed by atoms with Crippen LogP contribution in [0.2, 0.25) is 0 Å². The van der Waals surface area contributed by atoms with Crippen molar-refractivity contribution in [3.05, 3.63) is 18.2 Å². The minimum Gasteiger partial charge on any atom is -0.486 e. The van der Waals surface area contributed by atoms with Crippen LogP contribution in [0.1, 0.15) is 0 Å². The maximum absolute atomic E-state index is 11.6. The van der Waals surface area contributed by atoms with Gasteiger partial charge in [-0.1, -0.05) is 0 Å². The SMILES string of the molecule is CN(C)CCNC(=O)CNc1ccc2c(c1)OCCO2. The van der Waals surface area contributed by atoms with Crippen molar-refractivity contribution in [2.75, 3.05) is 52.3 Å². The lowest BCUT2D eigenvalue weighted by Crippen LogP contribution is -2.35. The normalized spacial score (nSPS) is 13.2. The van der Waals surface area contributed by atoms with Crippen molar-refractivity contribution in [2.24, 2.45) is 0 Å². The Hall–Kier alpha value is -1.95. The van der Waals surface area contributed by atoms with E-state index >= 15 is 0 Å². The van der Waals surface area contributed by atoms with Gasteiger partial charge in [0.25, 0.3) is 0 Å². The fourth-order valence-corrected chi connectivity index (χ4v) is 1.82. The third-order valence-electron chi connectivity index (χ3n) is 2.88. The lowest BCUT2D eigenvalue weighted by Gasteiger charge is -2.19. The molecule has 1 amide bonds. The van der Waals surface area contributed by atoms with Crippen molar-refractivity contribution >= 4 is 11.6 Å². The molecule has 1 aromatic carbocycles. The van der Waals surface area contributed by atoms with Crippen LogP contribution < -0.4 is 20.1 Å². The van der Waals surface area contributed by atoms with Crippen molar-refractivity contribution in [1.29, 1.82) is 0 Å². The van der Waals surface area contributed by atoms with Crippen LogP contribution in [-0.4, -0.2) is 57.8 Å². The molecule has 6 heteroatoms. The highest BCUT2D eigenvalue weighted by Gasteiger charge is 2.11. The van der Waals surface area contributed by atoms with Gasteiger partial charge in [0.2, 0.25) is 5.91 Å². The molecule has 1 aliphatic heterocycles. The van der Waals surface area contributed by atoms with Crippen LogP contribution in [0, 0.1) is 0 Å². The molecule has 1 aliphatic rings. The summed E-state index contributed by atoms with van der Waals surface area (Å²) in [5.41, 5.74) is 0.844. The number of hydrogen-bond donors (Lipinski definition) is 2. The summed E-state index contributed by atoms with van der Waals surface area (Å²) in [7, 11) is 3.94. The number of fused-ring (bicyclic) bond motifs is 1. The number of hydrogen-bond acceptors (Lipinski definition) is 5. The Morgan fingerprint density at radius 3 is 2.75 bits per heavy atom. The maximum atomic E-state index is 11.6. The fraction of sp³-hybridized carbons (Fsp3) is 0.500. The summed E-state index contributed by atoms with van der Waals surface area (Å²) in [5.74, 6) is 1.44. The summed E-state index contributed by atoms with van der Waals surface area (Å²) in [6.45, 7) is 2.85. The summed E-state index contributed by atoms with van der Waals surface area (Å²) in [6.07, 6.45) is 0. The van der Waals surface area contributed by atoms with Gasteiger partial charge in [0.1, 0.15) is 13.2 Å². The van der Waals surface area contributed by atoms with Crippen LogP contribution in [-0.2, 0) is 4.79 Å². The number of nitrogens with zero attached hydrogens (tertiary/aromatic N) is 1. The fourth-order valence-electron chi connectivity index (χ4n) is 1.82. The second kappa shape index (κ2) is 7.00. The smallest absolute Gasteiger partial charge is 0.239 e. The molecule has 0 bridgehead atoms. The van der Waals surface area contributed by atoms with E-state index in [1.54, 1.807) is 0 Å². The molecular formula is C14H21N3O3. The molecule has 20 heavy (non-hydrogen) atoms. The third kappa shape index (κ3) is 4.31. The lowest BCUT2D eigenvalue weighted by atomic mass is 10.2. The predicted molar refractivity (Wildman–Crippen MR) is 77.5 cm³/mol. The average Bonchev–Trinajstić information content (AvgIpc) is 2.44. The van der Waals surface area contributed by atoms with Gasteiger partial charge < -0.3 is 25.0 Å². The zero-order valence-electron chi connectivity index (χ0n) is 11.9. The zero-order chi connectivity index (χ0) is 14.4. The number of likely N-dealkylation sites (N-methyl/N-ethyl adjacent to an activating group) is 1. The van der Waals surface area contributed by atoms with Crippen LogP contribution in [0.4, 0.5) is 5.69 Å². The summed E-state index contributed by atoms with van der Waals surface area (Å²) >= 11 is 0. The number of anilines is 1. The quantitative estimate of drug-likeness (QED) is 0.796. The van der Waals surface area contributed by atoms with E-state index in [9.17, 15) is 4.79 Å². The molecular weight excluding hydrogens is 258 g/mol. The standard InChI is InChI=1S/C14H21N3O3/c1-17(2)6-5-15-14(18)10-16-11-3-4-12-13(9-11)20-8-7-19-12/h3-4,9,16H,5-8,10H2,1-2H3,(H,15,18). The number of amides is 1. The highest BCUT2D eigenvalue weighted by atomic mass is 16.6. The van der Waals surface area contributed by atoms with E-state index in [1.165, 1.54) is 0 Å². The highest BCUT2D eigenvalue weighted by molar-refractivity contribution is 5.80. The topological polar surface area (TPSA) is 62.8 Å². The summed E-state index contributed by atoms with van der Waals surface area (Å²) in [4.78, 5) is 13.7. The van der Waals surface area contributed by atoms with E-state index in [-0.39, 0.29) is 12.5 Å². The molecule has 0 unspecified atom stereocenters. The van der Waals surface area contributed by atoms with E-state index in [0.29, 0.717) is 25.5 Å². The Morgan fingerprint density at radius 2 is 2.00 bits per heavy atom. The van der Waals surface area contributed by atoms with Gasteiger partial charge in [0.05, 0.1) is 6.54 Å². The first-order valence-corrected chi connectivity index (χ1v) is 6.70. The number of nitrogens with one attached hydrogen (secondary N) is 2. The molecule has 0 saturated heterocycles. The molecule has 1 aromatic rings. The Balaban J connectivity index is 1.77. The molecule has 0 saturated carbocycles. The monoisotopic (exact) mass is 279 g/mol. The Kier molecular flexibility index (Phi) is 5.06. The van der Waals surface area contributed by atoms with Crippen LogP contribution in [0.25, 0.3) is 0 Å². The van der Waals surface area contributed by atoms with E-state index in [4.69, 9.17) is 9.47 Å². The van der Waals surface area contributed by atoms with Gasteiger partial charge in [-0.3, -0.25) is 4.79 Å². The van der Waals surface area contributed by atoms with Crippen molar-refractivity contribution in [3.63, 3.8) is 0 Å². The Morgan fingerprint density at radius 1 is 1.25 bits per heavy atom. The number of benzene rings is 1. The Labute approximate surface area is 119 Å². The van der Waals surface area contributed by atoms with E-state index in [0.717, 1.165) is 18.0 Å². The summed E-state index contributed by atoms with van der Waals surface area (Å²) < 4.78 is 10.9. The van der Waals surface area contributed by atoms with Gasteiger partial charge >= 0.3 is 0 Å². The largest absolute Gasteiger partial charge is 0.486 e. The molecule has 2 N–H and O–H groups in total. The first-order chi connectivity index (χ1) is 9.65. The second-order valence-electron chi connectivity index (χ2n) is 4.87. The molecule has 110 valence electrons. The molecule has 1 heterocycles. The van der Waals surface area contributed by atoms with Crippen molar-refractivity contribution in [2.45, 2.75) is 0 Å². The van der Waals surface area contributed by atoms with Gasteiger partial charge in [0, 0.05) is 24.8 Å². The third-order valence-corrected chi connectivity index (χ3v) is 2.88. The predicted octanol–water partition coefficient (Wildman–Crippen LogP) is 0.547. The number of carbonyl (C=O) groups excluding carboxylic acids is 1. The van der Waals surface area contributed by atoms with Gasteiger partial charge in [-0.15, -0.1) is 0 Å². The number of ether oxygens (including phenoxy) is 2. The van der Waals surface area contributed by atoms with Gasteiger partial charge in [-0.25, -0.2) is 0 Å². The van der Waals surface area contributed by atoms with Crippen LogP contribution in [0.15, 0.2) is 18.2 Å². The zero-order valence-corrected chi connectivity index (χ0v) is 11.9. The summed E-state index contributed by atoms with van der Waals surface area (Å²) in [6, 6.07) is 5.57. The molecule has 0 aliphatic carbocycles.